The second kappa shape index (κ2) is 6.73. The number of aromatic amines is 1. The minimum atomic E-state index is -0.276. The van der Waals surface area contributed by atoms with Gasteiger partial charge in [-0.3, -0.25) is 4.99 Å². The second-order valence-corrected chi connectivity index (χ2v) is 5.71. The van der Waals surface area contributed by atoms with Crippen LogP contribution in [0.3, 0.4) is 0 Å². The lowest BCUT2D eigenvalue weighted by Crippen LogP contribution is -1.94. The molecule has 2 heterocycles. The minimum Gasteiger partial charge on any atom is -0.383 e. The van der Waals surface area contributed by atoms with E-state index >= 15 is 0 Å². The van der Waals surface area contributed by atoms with Gasteiger partial charge in [0.1, 0.15) is 17.3 Å². The predicted octanol–water partition coefficient (Wildman–Crippen LogP) is 4.88. The van der Waals surface area contributed by atoms with E-state index in [2.05, 4.69) is 21.7 Å². The fraction of sp³-hybridized carbons (Fsp3) is 0.100. The average Bonchev–Trinajstić information content (AvgIpc) is 2.95. The molecule has 0 aliphatic heterocycles. The van der Waals surface area contributed by atoms with Crippen LogP contribution >= 0.6 is 0 Å². The molecule has 2 aromatic heterocycles. The van der Waals surface area contributed by atoms with Crippen LogP contribution in [-0.4, -0.2) is 16.7 Å². The number of pyridine rings is 1. The lowest BCUT2D eigenvalue weighted by atomic mass is 9.98. The number of hydrogen-bond donors (Lipinski definition) is 2. The van der Waals surface area contributed by atoms with Crippen LogP contribution in [-0.2, 0) is 0 Å². The van der Waals surface area contributed by atoms with Crippen molar-refractivity contribution >= 4 is 29.1 Å². The Bertz CT molecular complexity index is 995. The number of nitrogens with two attached hydrogens (primary N) is 1. The molecular weight excluding hydrogens is 315 g/mol. The summed E-state index contributed by atoms with van der Waals surface area (Å²) in [5.74, 6) is 0.206. The molecule has 0 aliphatic carbocycles. The molecule has 5 heteroatoms. The van der Waals surface area contributed by atoms with Gasteiger partial charge in [-0.2, -0.15) is 0 Å². The van der Waals surface area contributed by atoms with Gasteiger partial charge in [-0.15, -0.1) is 0 Å². The van der Waals surface area contributed by atoms with Crippen LogP contribution in [0, 0.1) is 12.7 Å². The maximum Gasteiger partial charge on any atom is 0.140 e. The number of nitrogens with one attached hydrogen (secondary N) is 1. The number of aryl methyl sites for hydroxylation is 1. The van der Waals surface area contributed by atoms with Crippen LogP contribution in [0.2, 0.25) is 0 Å². The van der Waals surface area contributed by atoms with E-state index in [1.54, 1.807) is 18.3 Å². The van der Waals surface area contributed by atoms with Crippen molar-refractivity contribution in [1.29, 1.82) is 0 Å². The third-order valence-corrected chi connectivity index (χ3v) is 4.11. The summed E-state index contributed by atoms with van der Waals surface area (Å²) in [6.45, 7) is 7.36. The van der Waals surface area contributed by atoms with Gasteiger partial charge < -0.3 is 10.7 Å². The van der Waals surface area contributed by atoms with Crippen molar-refractivity contribution in [3.8, 4) is 11.3 Å². The number of H-pyrrole nitrogens is 1. The molecule has 1 aromatic carbocycles. The molecule has 0 unspecified atom stereocenters. The second-order valence-electron chi connectivity index (χ2n) is 5.71. The molecule has 3 aromatic rings. The summed E-state index contributed by atoms with van der Waals surface area (Å²) in [5.41, 5.74) is 11.2. The first kappa shape index (κ1) is 16.6. The molecule has 0 spiro atoms. The Balaban J connectivity index is 2.35. The van der Waals surface area contributed by atoms with Gasteiger partial charge in [0.2, 0.25) is 0 Å². The van der Waals surface area contributed by atoms with Gasteiger partial charge in [-0.25, -0.2) is 9.37 Å². The third kappa shape index (κ3) is 3.08. The van der Waals surface area contributed by atoms with Gasteiger partial charge >= 0.3 is 0 Å². The molecule has 25 heavy (non-hydrogen) atoms. The summed E-state index contributed by atoms with van der Waals surface area (Å²) >= 11 is 0. The van der Waals surface area contributed by atoms with E-state index in [9.17, 15) is 4.39 Å². The molecular formula is C20H19FN4. The molecule has 0 bridgehead atoms. The molecule has 0 radical (unpaired) electrons. The number of aliphatic imine (C=N–C) groups is 1. The van der Waals surface area contributed by atoms with Crippen molar-refractivity contribution in [2.45, 2.75) is 13.8 Å². The van der Waals surface area contributed by atoms with Crippen molar-refractivity contribution in [2.24, 2.45) is 4.99 Å². The number of nitrogen functional groups attached to an aromatic ring is 1. The van der Waals surface area contributed by atoms with Crippen molar-refractivity contribution in [3.05, 3.63) is 65.6 Å². The van der Waals surface area contributed by atoms with E-state index in [1.807, 2.05) is 32.1 Å². The zero-order valence-corrected chi connectivity index (χ0v) is 14.2. The van der Waals surface area contributed by atoms with Crippen LogP contribution in [0.1, 0.15) is 18.1 Å². The lowest BCUT2D eigenvalue weighted by Gasteiger charge is -2.07. The molecule has 0 fully saturated rings. The highest BCUT2D eigenvalue weighted by molar-refractivity contribution is 6.01. The number of hydrogen-bond acceptors (Lipinski definition) is 3. The molecule has 0 saturated heterocycles. The normalized spacial score (nSPS) is 12.2. The number of benzene rings is 1. The topological polar surface area (TPSA) is 67.1 Å². The molecule has 0 amide bonds. The number of aromatic nitrogens is 2. The highest BCUT2D eigenvalue weighted by Crippen LogP contribution is 2.36. The SMILES string of the molecule is C=N/C=C\C(=C/C)c1c(-c2ccc(F)cc2)[nH]c2nc(N)c(C)cc12. The Kier molecular flexibility index (Phi) is 4.48. The Morgan fingerprint density at radius 2 is 2.04 bits per heavy atom. The van der Waals surface area contributed by atoms with Gasteiger partial charge in [-0.05, 0) is 73.7 Å². The summed E-state index contributed by atoms with van der Waals surface area (Å²) in [6.07, 6.45) is 5.51. The molecule has 3 rings (SSSR count). The summed E-state index contributed by atoms with van der Waals surface area (Å²) in [5, 5.41) is 0.952. The molecule has 0 atom stereocenters. The zero-order chi connectivity index (χ0) is 18.0. The number of rotatable bonds is 4. The largest absolute Gasteiger partial charge is 0.383 e. The molecule has 4 nitrogen and oxygen atoms in total. The third-order valence-electron chi connectivity index (χ3n) is 4.11. The molecule has 3 N–H and O–H groups in total. The fourth-order valence-corrected chi connectivity index (χ4v) is 2.82. The van der Waals surface area contributed by atoms with Crippen LogP contribution in [0.5, 0.6) is 0 Å². The Hall–Kier alpha value is -3.21. The maximum atomic E-state index is 13.3. The Labute approximate surface area is 145 Å². The quantitative estimate of drug-likeness (QED) is 0.527. The van der Waals surface area contributed by atoms with E-state index in [-0.39, 0.29) is 5.82 Å². The number of anilines is 1. The van der Waals surface area contributed by atoms with E-state index < -0.39 is 0 Å². The molecule has 0 aliphatic rings. The maximum absolute atomic E-state index is 13.3. The number of halogens is 1. The van der Waals surface area contributed by atoms with Crippen molar-refractivity contribution < 1.29 is 4.39 Å². The summed E-state index contributed by atoms with van der Waals surface area (Å²) < 4.78 is 13.3. The monoisotopic (exact) mass is 334 g/mol. The Morgan fingerprint density at radius 3 is 2.68 bits per heavy atom. The van der Waals surface area contributed by atoms with Gasteiger partial charge in [0.15, 0.2) is 0 Å². The van der Waals surface area contributed by atoms with Crippen molar-refractivity contribution in [3.63, 3.8) is 0 Å². The highest BCUT2D eigenvalue weighted by Gasteiger charge is 2.17. The molecule has 0 saturated carbocycles. The van der Waals surface area contributed by atoms with Crippen LogP contribution < -0.4 is 5.73 Å². The van der Waals surface area contributed by atoms with Gasteiger partial charge in [0, 0.05) is 17.1 Å². The number of nitrogens with zero attached hydrogens (tertiary/aromatic N) is 2. The predicted molar refractivity (Wildman–Crippen MR) is 103 cm³/mol. The van der Waals surface area contributed by atoms with Crippen molar-refractivity contribution in [1.82, 2.24) is 9.97 Å². The minimum absolute atomic E-state index is 0.276. The van der Waals surface area contributed by atoms with Crippen molar-refractivity contribution in [2.75, 3.05) is 5.73 Å². The van der Waals surface area contributed by atoms with E-state index in [0.29, 0.717) is 11.5 Å². The van der Waals surface area contributed by atoms with Crippen LogP contribution in [0.4, 0.5) is 10.2 Å². The molecule has 126 valence electrons. The smallest absolute Gasteiger partial charge is 0.140 e. The summed E-state index contributed by atoms with van der Waals surface area (Å²) in [4.78, 5) is 11.6. The average molecular weight is 334 g/mol. The van der Waals surface area contributed by atoms with Gasteiger partial charge in [-0.1, -0.05) is 6.08 Å². The Morgan fingerprint density at radius 1 is 1.32 bits per heavy atom. The lowest BCUT2D eigenvalue weighted by molar-refractivity contribution is 0.628. The van der Waals surface area contributed by atoms with Crippen LogP contribution in [0.25, 0.3) is 27.9 Å². The summed E-state index contributed by atoms with van der Waals surface area (Å²) in [7, 11) is 0. The van der Waals surface area contributed by atoms with Gasteiger partial charge in [0.05, 0.1) is 5.69 Å². The van der Waals surface area contributed by atoms with E-state index in [1.165, 1.54) is 12.1 Å². The number of fused-ring (bicyclic) bond motifs is 1. The first-order valence-electron chi connectivity index (χ1n) is 7.89. The van der Waals surface area contributed by atoms with Crippen LogP contribution in [0.15, 0.2) is 53.7 Å². The fourth-order valence-electron chi connectivity index (χ4n) is 2.82. The number of allylic oxidation sites excluding steroid dienone is 3. The summed E-state index contributed by atoms with van der Waals surface area (Å²) in [6, 6.07) is 8.36. The van der Waals surface area contributed by atoms with Gasteiger partial charge in [0.25, 0.3) is 0 Å². The van der Waals surface area contributed by atoms with E-state index in [4.69, 9.17) is 5.73 Å². The van der Waals surface area contributed by atoms with E-state index in [0.717, 1.165) is 33.3 Å². The standard InChI is InChI=1S/C20H19FN4/c1-4-13(9-10-23-3)17-16-11-12(2)19(22)25-20(16)24-18(17)14-5-7-15(21)8-6-14/h4-11H,3H2,1-2H3,(H3,22,24,25)/b10-9-,13-4+. The first-order valence-corrected chi connectivity index (χ1v) is 7.89. The first-order chi connectivity index (χ1) is 12.0. The zero-order valence-electron chi connectivity index (χ0n) is 14.2. The highest BCUT2D eigenvalue weighted by atomic mass is 19.1.